The van der Waals surface area contributed by atoms with Crippen LogP contribution in [-0.2, 0) is 11.2 Å². The van der Waals surface area contributed by atoms with Gasteiger partial charge in [-0.3, -0.25) is 4.79 Å². The van der Waals surface area contributed by atoms with E-state index in [9.17, 15) is 4.79 Å². The first-order chi connectivity index (χ1) is 13.0. The second-order valence-electron chi connectivity index (χ2n) is 6.16. The number of hydrogen-bond donors (Lipinski definition) is 1. The van der Waals surface area contributed by atoms with Crippen LogP contribution in [0.4, 0.5) is 5.69 Å². The van der Waals surface area contributed by atoms with E-state index in [1.807, 2.05) is 50.2 Å². The molecule has 1 amide bonds. The molecule has 7 nitrogen and oxygen atoms in total. The Bertz CT molecular complexity index is 886. The first-order valence-corrected chi connectivity index (χ1v) is 8.57. The summed E-state index contributed by atoms with van der Waals surface area (Å²) in [6.45, 7) is 3.92. The lowest BCUT2D eigenvalue weighted by atomic mass is 10.2. The molecule has 0 aliphatic carbocycles. The molecule has 1 aromatic heterocycles. The average molecular weight is 367 g/mol. The highest BCUT2D eigenvalue weighted by molar-refractivity contribution is 5.91. The number of anilines is 1. The Morgan fingerprint density at radius 2 is 1.74 bits per heavy atom. The summed E-state index contributed by atoms with van der Waals surface area (Å²) in [4.78, 5) is 16.5. The lowest BCUT2D eigenvalue weighted by Gasteiger charge is -2.10. The van der Waals surface area contributed by atoms with E-state index in [2.05, 4.69) is 15.5 Å². The van der Waals surface area contributed by atoms with Gasteiger partial charge in [-0.05, 0) is 62.4 Å². The van der Waals surface area contributed by atoms with E-state index in [-0.39, 0.29) is 24.3 Å². The van der Waals surface area contributed by atoms with Gasteiger partial charge in [-0.1, -0.05) is 5.16 Å². The van der Waals surface area contributed by atoms with Gasteiger partial charge < -0.3 is 19.3 Å². The molecule has 1 heterocycles. The minimum atomic E-state index is -0.238. The SMILES string of the molecule is COc1ccc(-c2noc(CC(=O)Nc3ccc(OC(C)C)cc3)n2)cc1. The molecule has 0 radical (unpaired) electrons. The molecule has 3 aromatic rings. The predicted molar refractivity (Wildman–Crippen MR) is 101 cm³/mol. The van der Waals surface area contributed by atoms with E-state index in [0.717, 1.165) is 17.1 Å². The smallest absolute Gasteiger partial charge is 0.236 e. The van der Waals surface area contributed by atoms with Crippen LogP contribution in [0.5, 0.6) is 11.5 Å². The molecule has 0 atom stereocenters. The first kappa shape index (κ1) is 18.4. The Morgan fingerprint density at radius 1 is 1.07 bits per heavy atom. The fraction of sp³-hybridized carbons (Fsp3) is 0.250. The third-order valence-electron chi connectivity index (χ3n) is 3.64. The molecule has 0 spiro atoms. The van der Waals surface area contributed by atoms with Crippen molar-refractivity contribution in [3.05, 3.63) is 54.4 Å². The van der Waals surface area contributed by atoms with Crippen LogP contribution in [0.3, 0.4) is 0 Å². The molecule has 0 unspecified atom stereocenters. The minimum Gasteiger partial charge on any atom is -0.497 e. The molecule has 140 valence electrons. The molecular formula is C20H21N3O4. The Balaban J connectivity index is 1.58. The maximum absolute atomic E-state index is 12.2. The quantitative estimate of drug-likeness (QED) is 0.685. The number of methoxy groups -OCH3 is 1. The maximum atomic E-state index is 12.2. The second-order valence-corrected chi connectivity index (χ2v) is 6.16. The number of rotatable bonds is 7. The predicted octanol–water partition coefficient (Wildman–Crippen LogP) is 3.71. The van der Waals surface area contributed by atoms with E-state index in [4.69, 9.17) is 14.0 Å². The summed E-state index contributed by atoms with van der Waals surface area (Å²) in [5.74, 6) is 1.93. The topological polar surface area (TPSA) is 86.5 Å². The zero-order valence-electron chi connectivity index (χ0n) is 15.4. The Labute approximate surface area is 157 Å². The standard InChI is InChI=1S/C20H21N3O4/c1-13(2)26-17-10-6-15(7-11-17)21-18(24)12-19-22-20(23-27-19)14-4-8-16(25-3)9-5-14/h4-11,13H,12H2,1-3H3,(H,21,24). The fourth-order valence-electron chi connectivity index (χ4n) is 2.42. The largest absolute Gasteiger partial charge is 0.497 e. The van der Waals surface area contributed by atoms with Gasteiger partial charge in [0.15, 0.2) is 0 Å². The lowest BCUT2D eigenvalue weighted by Crippen LogP contribution is -2.14. The Morgan fingerprint density at radius 3 is 2.37 bits per heavy atom. The highest BCUT2D eigenvalue weighted by atomic mass is 16.5. The van der Waals surface area contributed by atoms with Crippen molar-refractivity contribution < 1.29 is 18.8 Å². The summed E-state index contributed by atoms with van der Waals surface area (Å²) < 4.78 is 15.9. The molecule has 0 saturated heterocycles. The highest BCUT2D eigenvalue weighted by Gasteiger charge is 2.13. The Hall–Kier alpha value is -3.35. The number of carbonyl (C=O) groups is 1. The van der Waals surface area contributed by atoms with Crippen molar-refractivity contribution in [1.82, 2.24) is 10.1 Å². The van der Waals surface area contributed by atoms with Crippen molar-refractivity contribution >= 4 is 11.6 Å². The van der Waals surface area contributed by atoms with Crippen LogP contribution in [-0.4, -0.2) is 29.3 Å². The molecule has 0 bridgehead atoms. The van der Waals surface area contributed by atoms with Gasteiger partial charge in [0.25, 0.3) is 0 Å². The normalized spacial score (nSPS) is 10.7. The van der Waals surface area contributed by atoms with Gasteiger partial charge in [-0.25, -0.2) is 0 Å². The van der Waals surface area contributed by atoms with Crippen molar-refractivity contribution in [2.24, 2.45) is 0 Å². The second kappa shape index (κ2) is 8.35. The van der Waals surface area contributed by atoms with Crippen LogP contribution in [0.15, 0.2) is 53.1 Å². The third kappa shape index (κ3) is 5.07. The zero-order valence-corrected chi connectivity index (χ0v) is 15.4. The van der Waals surface area contributed by atoms with Gasteiger partial charge >= 0.3 is 0 Å². The van der Waals surface area contributed by atoms with Gasteiger partial charge in [-0.15, -0.1) is 0 Å². The fourth-order valence-corrected chi connectivity index (χ4v) is 2.42. The maximum Gasteiger partial charge on any atom is 0.236 e. The molecule has 3 rings (SSSR count). The number of amides is 1. The van der Waals surface area contributed by atoms with Crippen LogP contribution in [0.1, 0.15) is 19.7 Å². The van der Waals surface area contributed by atoms with Gasteiger partial charge in [0, 0.05) is 11.3 Å². The molecule has 0 aliphatic rings. The number of aromatic nitrogens is 2. The molecule has 0 aliphatic heterocycles. The van der Waals surface area contributed by atoms with E-state index in [0.29, 0.717) is 11.5 Å². The van der Waals surface area contributed by atoms with Crippen molar-refractivity contribution in [2.45, 2.75) is 26.4 Å². The molecule has 0 saturated carbocycles. The molecule has 2 aromatic carbocycles. The molecule has 27 heavy (non-hydrogen) atoms. The molecule has 7 heteroatoms. The van der Waals surface area contributed by atoms with Gasteiger partial charge in [0.2, 0.25) is 17.6 Å². The minimum absolute atomic E-state index is 0.00655. The van der Waals surface area contributed by atoms with Gasteiger partial charge in [-0.2, -0.15) is 4.98 Å². The summed E-state index contributed by atoms with van der Waals surface area (Å²) in [7, 11) is 1.60. The van der Waals surface area contributed by atoms with Crippen LogP contribution < -0.4 is 14.8 Å². The number of hydrogen-bond acceptors (Lipinski definition) is 6. The Kier molecular flexibility index (Phi) is 5.71. The number of ether oxygens (including phenoxy) is 2. The van der Waals surface area contributed by atoms with E-state index in [1.165, 1.54) is 0 Å². The van der Waals surface area contributed by atoms with E-state index in [1.54, 1.807) is 19.2 Å². The molecule has 1 N–H and O–H groups in total. The first-order valence-electron chi connectivity index (χ1n) is 8.57. The zero-order chi connectivity index (χ0) is 19.2. The van der Waals surface area contributed by atoms with Crippen LogP contribution >= 0.6 is 0 Å². The summed E-state index contributed by atoms with van der Waals surface area (Å²) in [6, 6.07) is 14.5. The molecular weight excluding hydrogens is 346 g/mol. The van der Waals surface area contributed by atoms with Crippen LogP contribution in [0.25, 0.3) is 11.4 Å². The van der Waals surface area contributed by atoms with E-state index < -0.39 is 0 Å². The van der Waals surface area contributed by atoms with Crippen LogP contribution in [0, 0.1) is 0 Å². The van der Waals surface area contributed by atoms with E-state index >= 15 is 0 Å². The summed E-state index contributed by atoms with van der Waals surface area (Å²) in [5.41, 5.74) is 1.46. The van der Waals surface area contributed by atoms with Crippen molar-refractivity contribution in [3.8, 4) is 22.9 Å². The van der Waals surface area contributed by atoms with Crippen LogP contribution in [0.2, 0.25) is 0 Å². The van der Waals surface area contributed by atoms with Crippen molar-refractivity contribution in [2.75, 3.05) is 12.4 Å². The number of benzene rings is 2. The van der Waals surface area contributed by atoms with Crippen molar-refractivity contribution in [1.29, 1.82) is 0 Å². The molecule has 0 fully saturated rings. The monoisotopic (exact) mass is 367 g/mol. The van der Waals surface area contributed by atoms with Gasteiger partial charge in [0.05, 0.1) is 13.2 Å². The number of nitrogens with one attached hydrogen (secondary N) is 1. The highest BCUT2D eigenvalue weighted by Crippen LogP contribution is 2.20. The summed E-state index contributed by atoms with van der Waals surface area (Å²) in [5, 5.41) is 6.71. The lowest BCUT2D eigenvalue weighted by molar-refractivity contribution is -0.115. The number of nitrogens with zero attached hydrogens (tertiary/aromatic N) is 2. The average Bonchev–Trinajstić information content (AvgIpc) is 3.11. The summed E-state index contributed by atoms with van der Waals surface area (Å²) >= 11 is 0. The third-order valence-corrected chi connectivity index (χ3v) is 3.64. The number of carbonyl (C=O) groups excluding carboxylic acids is 1. The van der Waals surface area contributed by atoms with Gasteiger partial charge in [0.1, 0.15) is 17.9 Å². The van der Waals surface area contributed by atoms with Crippen molar-refractivity contribution in [3.63, 3.8) is 0 Å². The summed E-state index contributed by atoms with van der Waals surface area (Å²) in [6.07, 6.45) is 0.0933.